The number of piperidine rings is 1. The van der Waals surface area contributed by atoms with Crippen LogP contribution in [0.25, 0.3) is 0 Å². The minimum absolute atomic E-state index is 0.161. The Bertz CT molecular complexity index is 628. The van der Waals surface area contributed by atoms with E-state index in [9.17, 15) is 8.42 Å². The standard InChI is InChI=1S/C15H23N3O2S/c16-12-7-8-14(15(10-12)21(17,19)20)18-9-3-5-11-4-1-2-6-13(11)18/h7-8,10-11,13H,1-6,9,16H2,(H2,17,19,20)/t11-,13-/m1/s1. The molecular weight excluding hydrogens is 286 g/mol. The Balaban J connectivity index is 2.03. The lowest BCUT2D eigenvalue weighted by atomic mass is 9.78. The quantitative estimate of drug-likeness (QED) is 0.818. The van der Waals surface area contributed by atoms with Gasteiger partial charge in [-0.1, -0.05) is 12.8 Å². The zero-order valence-electron chi connectivity index (χ0n) is 12.2. The van der Waals surface area contributed by atoms with E-state index < -0.39 is 10.0 Å². The molecule has 1 aliphatic heterocycles. The molecule has 0 radical (unpaired) electrons. The first-order valence-electron chi connectivity index (χ1n) is 7.66. The highest BCUT2D eigenvalue weighted by Gasteiger charge is 2.35. The lowest BCUT2D eigenvalue weighted by molar-refractivity contribution is 0.243. The molecule has 5 nitrogen and oxygen atoms in total. The van der Waals surface area contributed by atoms with Gasteiger partial charge in [0.2, 0.25) is 10.0 Å². The van der Waals surface area contributed by atoms with Crippen LogP contribution in [0.4, 0.5) is 11.4 Å². The normalized spacial score (nSPS) is 26.4. The molecule has 116 valence electrons. The van der Waals surface area contributed by atoms with Crippen molar-refractivity contribution in [2.75, 3.05) is 17.2 Å². The second-order valence-electron chi connectivity index (χ2n) is 6.22. The van der Waals surface area contributed by atoms with Gasteiger partial charge in [-0.25, -0.2) is 13.6 Å². The number of nitrogens with zero attached hydrogens (tertiary/aromatic N) is 1. The molecule has 0 bridgehead atoms. The summed E-state index contributed by atoms with van der Waals surface area (Å²) in [6, 6.07) is 5.50. The first-order valence-corrected chi connectivity index (χ1v) is 9.20. The van der Waals surface area contributed by atoms with Gasteiger partial charge in [-0.05, 0) is 49.8 Å². The van der Waals surface area contributed by atoms with Gasteiger partial charge in [0.15, 0.2) is 0 Å². The van der Waals surface area contributed by atoms with Gasteiger partial charge in [0.05, 0.1) is 5.69 Å². The predicted octanol–water partition coefficient (Wildman–Crippen LogP) is 2.08. The average Bonchev–Trinajstić information content (AvgIpc) is 2.46. The maximum Gasteiger partial charge on any atom is 0.240 e. The molecule has 2 aliphatic rings. The van der Waals surface area contributed by atoms with Gasteiger partial charge in [-0.2, -0.15) is 0 Å². The number of anilines is 2. The molecule has 1 aromatic carbocycles. The fraction of sp³-hybridized carbons (Fsp3) is 0.600. The highest BCUT2D eigenvalue weighted by Crippen LogP contribution is 2.39. The van der Waals surface area contributed by atoms with Crippen LogP contribution >= 0.6 is 0 Å². The van der Waals surface area contributed by atoms with Crippen LogP contribution in [-0.2, 0) is 10.0 Å². The molecule has 1 aliphatic carbocycles. The maximum absolute atomic E-state index is 11.9. The molecule has 1 saturated carbocycles. The predicted molar refractivity (Wildman–Crippen MR) is 84.6 cm³/mol. The lowest BCUT2D eigenvalue weighted by Crippen LogP contribution is -2.47. The molecule has 4 N–H and O–H groups in total. The highest BCUT2D eigenvalue weighted by molar-refractivity contribution is 7.89. The third kappa shape index (κ3) is 2.87. The van der Waals surface area contributed by atoms with Crippen molar-refractivity contribution in [2.24, 2.45) is 11.1 Å². The molecule has 2 fully saturated rings. The molecule has 1 saturated heterocycles. The summed E-state index contributed by atoms with van der Waals surface area (Å²) in [7, 11) is -3.76. The van der Waals surface area contributed by atoms with E-state index in [-0.39, 0.29) is 4.90 Å². The number of benzene rings is 1. The van der Waals surface area contributed by atoms with E-state index >= 15 is 0 Å². The molecular formula is C15H23N3O2S. The van der Waals surface area contributed by atoms with Crippen molar-refractivity contribution >= 4 is 21.4 Å². The molecule has 1 heterocycles. The first kappa shape index (κ1) is 14.7. The SMILES string of the molecule is Nc1ccc(N2CCC[C@H]3CCCC[C@H]32)c(S(N)(=O)=O)c1. The number of sulfonamides is 1. The number of hydrogen-bond acceptors (Lipinski definition) is 4. The van der Waals surface area contributed by atoms with Crippen molar-refractivity contribution in [1.82, 2.24) is 0 Å². The second-order valence-corrected chi connectivity index (χ2v) is 7.75. The maximum atomic E-state index is 11.9. The summed E-state index contributed by atoms with van der Waals surface area (Å²) < 4.78 is 23.8. The van der Waals surface area contributed by atoms with Crippen LogP contribution in [-0.4, -0.2) is 21.0 Å². The minimum Gasteiger partial charge on any atom is -0.399 e. The Kier molecular flexibility index (Phi) is 3.84. The highest BCUT2D eigenvalue weighted by atomic mass is 32.2. The van der Waals surface area contributed by atoms with E-state index in [1.165, 1.54) is 31.7 Å². The van der Waals surface area contributed by atoms with Crippen molar-refractivity contribution in [3.05, 3.63) is 18.2 Å². The zero-order valence-corrected chi connectivity index (χ0v) is 13.0. The molecule has 0 spiro atoms. The number of nitrogens with two attached hydrogens (primary N) is 2. The van der Waals surface area contributed by atoms with Crippen LogP contribution < -0.4 is 15.8 Å². The van der Waals surface area contributed by atoms with Crippen molar-refractivity contribution in [2.45, 2.75) is 49.5 Å². The summed E-state index contributed by atoms with van der Waals surface area (Å²) in [6.45, 7) is 0.896. The third-order valence-corrected chi connectivity index (χ3v) is 5.78. The first-order chi connectivity index (χ1) is 9.97. The number of primary sulfonamides is 1. The van der Waals surface area contributed by atoms with Crippen LogP contribution in [0.3, 0.4) is 0 Å². The number of hydrogen-bond donors (Lipinski definition) is 2. The second kappa shape index (κ2) is 5.50. The fourth-order valence-corrected chi connectivity index (χ4v) is 4.70. The van der Waals surface area contributed by atoms with Gasteiger partial charge in [0, 0.05) is 18.3 Å². The number of fused-ring (bicyclic) bond motifs is 1. The van der Waals surface area contributed by atoms with Gasteiger partial charge in [-0.15, -0.1) is 0 Å². The molecule has 21 heavy (non-hydrogen) atoms. The van der Waals surface area contributed by atoms with Crippen molar-refractivity contribution in [1.29, 1.82) is 0 Å². The van der Waals surface area contributed by atoms with Crippen molar-refractivity contribution in [3.63, 3.8) is 0 Å². The summed E-state index contributed by atoms with van der Waals surface area (Å²) in [6.07, 6.45) is 7.26. The van der Waals surface area contributed by atoms with Gasteiger partial charge in [0.1, 0.15) is 4.90 Å². The Labute approximate surface area is 126 Å². The van der Waals surface area contributed by atoms with Gasteiger partial charge in [0.25, 0.3) is 0 Å². The van der Waals surface area contributed by atoms with Crippen molar-refractivity contribution in [3.8, 4) is 0 Å². The summed E-state index contributed by atoms with van der Waals surface area (Å²) in [5.74, 6) is 0.679. The summed E-state index contributed by atoms with van der Waals surface area (Å²) in [5, 5.41) is 5.39. The third-order valence-electron chi connectivity index (χ3n) is 4.84. The molecule has 2 atom stereocenters. The number of nitrogen functional groups attached to an aromatic ring is 1. The lowest BCUT2D eigenvalue weighted by Gasteiger charge is -2.45. The zero-order chi connectivity index (χ0) is 15.0. The fourth-order valence-electron chi connectivity index (χ4n) is 3.92. The smallest absolute Gasteiger partial charge is 0.240 e. The molecule has 0 amide bonds. The average molecular weight is 309 g/mol. The molecule has 0 unspecified atom stereocenters. The molecule has 6 heteroatoms. The monoisotopic (exact) mass is 309 g/mol. The van der Waals surface area contributed by atoms with Crippen LogP contribution in [0.2, 0.25) is 0 Å². The van der Waals surface area contributed by atoms with Crippen LogP contribution in [0.5, 0.6) is 0 Å². The minimum atomic E-state index is -3.76. The Hall–Kier alpha value is -1.27. The van der Waals surface area contributed by atoms with Gasteiger partial charge in [-0.3, -0.25) is 0 Å². The van der Waals surface area contributed by atoms with Gasteiger partial charge >= 0.3 is 0 Å². The number of rotatable bonds is 2. The summed E-state index contributed by atoms with van der Waals surface area (Å²) in [4.78, 5) is 2.42. The van der Waals surface area contributed by atoms with Crippen LogP contribution in [0.15, 0.2) is 23.1 Å². The molecule has 1 aromatic rings. The Morgan fingerprint density at radius 1 is 1.10 bits per heavy atom. The van der Waals surface area contributed by atoms with E-state index in [4.69, 9.17) is 10.9 Å². The van der Waals surface area contributed by atoms with Crippen molar-refractivity contribution < 1.29 is 8.42 Å². The van der Waals surface area contributed by atoms with E-state index in [1.807, 2.05) is 6.07 Å². The van der Waals surface area contributed by atoms with E-state index in [0.29, 0.717) is 17.6 Å². The molecule has 0 aromatic heterocycles. The summed E-state index contributed by atoms with van der Waals surface area (Å²) in [5.41, 5.74) is 6.90. The van der Waals surface area contributed by atoms with E-state index in [1.54, 1.807) is 6.07 Å². The molecule has 3 rings (SSSR count). The Morgan fingerprint density at radius 2 is 1.81 bits per heavy atom. The Morgan fingerprint density at radius 3 is 2.57 bits per heavy atom. The van der Waals surface area contributed by atoms with E-state index in [0.717, 1.165) is 25.1 Å². The largest absolute Gasteiger partial charge is 0.399 e. The van der Waals surface area contributed by atoms with Crippen LogP contribution in [0, 0.1) is 5.92 Å². The summed E-state index contributed by atoms with van der Waals surface area (Å²) >= 11 is 0. The van der Waals surface area contributed by atoms with Gasteiger partial charge < -0.3 is 10.6 Å². The van der Waals surface area contributed by atoms with Crippen LogP contribution in [0.1, 0.15) is 38.5 Å². The van der Waals surface area contributed by atoms with E-state index in [2.05, 4.69) is 4.90 Å². The topological polar surface area (TPSA) is 89.4 Å².